The highest BCUT2D eigenvalue weighted by molar-refractivity contribution is 7.98. The second-order valence-electron chi connectivity index (χ2n) is 4.86. The van der Waals surface area contributed by atoms with Crippen LogP contribution in [-0.4, -0.2) is 42.1 Å². The molecule has 4 nitrogen and oxygen atoms in total. The first-order valence-electron chi connectivity index (χ1n) is 6.72. The predicted octanol–water partition coefficient (Wildman–Crippen LogP) is 2.97. The van der Waals surface area contributed by atoms with Crippen LogP contribution in [0.25, 0.3) is 11.0 Å². The first-order chi connectivity index (χ1) is 9.99. The first-order valence-corrected chi connectivity index (χ1v) is 10.5. The van der Waals surface area contributed by atoms with Gasteiger partial charge in [0.2, 0.25) is 0 Å². The molecule has 0 saturated carbocycles. The summed E-state index contributed by atoms with van der Waals surface area (Å²) in [5.74, 6) is 2.39. The molecule has 0 spiro atoms. The van der Waals surface area contributed by atoms with Crippen molar-refractivity contribution in [1.29, 1.82) is 0 Å². The first kappa shape index (κ1) is 16.6. The number of fused-ring (bicyclic) bond motifs is 1. The number of para-hydroxylation sites is 1. The van der Waals surface area contributed by atoms with Gasteiger partial charge in [-0.05, 0) is 30.6 Å². The molecule has 0 saturated heterocycles. The van der Waals surface area contributed by atoms with Crippen molar-refractivity contribution < 1.29 is 8.42 Å². The Morgan fingerprint density at radius 2 is 2.14 bits per heavy atom. The Morgan fingerprint density at radius 1 is 1.38 bits per heavy atom. The number of alkyl halides is 1. The average Bonchev–Trinajstić information content (AvgIpc) is 2.76. The fraction of sp³-hybridized carbons (Fsp3) is 0.500. The molecular formula is C14H19ClN2O2S2. The number of hydrogen-bond donors (Lipinski definition) is 0. The molecule has 7 heteroatoms. The van der Waals surface area contributed by atoms with Gasteiger partial charge in [-0.15, -0.1) is 11.6 Å². The second kappa shape index (κ2) is 7.03. The van der Waals surface area contributed by atoms with Gasteiger partial charge in [-0.2, -0.15) is 11.8 Å². The minimum atomic E-state index is -3.29. The van der Waals surface area contributed by atoms with E-state index in [4.69, 9.17) is 11.6 Å². The van der Waals surface area contributed by atoms with Gasteiger partial charge in [0.1, 0.15) is 11.3 Å². The number of aryl methyl sites for hydroxylation is 2. The molecule has 0 amide bonds. The Hall–Kier alpha value is -0.720. The molecule has 2 rings (SSSR count). The van der Waals surface area contributed by atoms with E-state index in [1.165, 1.54) is 6.26 Å². The molecule has 116 valence electrons. The summed E-state index contributed by atoms with van der Waals surface area (Å²) in [4.78, 5) is 4.83. The largest absolute Gasteiger partial charge is 0.328 e. The van der Waals surface area contributed by atoms with E-state index in [9.17, 15) is 8.42 Å². The lowest BCUT2D eigenvalue weighted by atomic mass is 10.3. The Labute approximate surface area is 134 Å². The van der Waals surface area contributed by atoms with Crippen LogP contribution in [0, 0.1) is 0 Å². The van der Waals surface area contributed by atoms with Gasteiger partial charge in [0, 0.05) is 25.1 Å². The van der Waals surface area contributed by atoms with Crippen molar-refractivity contribution in [3.05, 3.63) is 24.0 Å². The van der Waals surface area contributed by atoms with Gasteiger partial charge < -0.3 is 4.57 Å². The quantitative estimate of drug-likeness (QED) is 0.571. The number of halogens is 1. The summed E-state index contributed by atoms with van der Waals surface area (Å²) < 4.78 is 25.9. The van der Waals surface area contributed by atoms with Crippen LogP contribution in [-0.2, 0) is 22.8 Å². The van der Waals surface area contributed by atoms with E-state index in [1.807, 2.05) is 6.07 Å². The van der Waals surface area contributed by atoms with Crippen LogP contribution in [0.4, 0.5) is 0 Å². The lowest BCUT2D eigenvalue weighted by Crippen LogP contribution is -2.05. The zero-order chi connectivity index (χ0) is 15.5. The maximum absolute atomic E-state index is 11.9. The third kappa shape index (κ3) is 3.73. The summed E-state index contributed by atoms with van der Waals surface area (Å²) >= 11 is 7.65. The van der Waals surface area contributed by atoms with Crippen molar-refractivity contribution in [3.63, 3.8) is 0 Å². The van der Waals surface area contributed by atoms with Gasteiger partial charge in [0.15, 0.2) is 9.84 Å². The number of nitrogens with zero attached hydrogens (tertiary/aromatic N) is 2. The van der Waals surface area contributed by atoms with Crippen LogP contribution in [0.3, 0.4) is 0 Å². The number of sulfone groups is 1. The molecule has 2 aromatic rings. The van der Waals surface area contributed by atoms with Crippen LogP contribution in [0.5, 0.6) is 0 Å². The summed E-state index contributed by atoms with van der Waals surface area (Å²) in [6.07, 6.45) is 4.95. The molecule has 0 fully saturated rings. The van der Waals surface area contributed by atoms with Crippen LogP contribution in [0.2, 0.25) is 0 Å². The molecule has 1 aromatic carbocycles. The molecule has 0 radical (unpaired) electrons. The van der Waals surface area contributed by atoms with Gasteiger partial charge in [0.25, 0.3) is 0 Å². The lowest BCUT2D eigenvalue weighted by Gasteiger charge is -2.08. The molecule has 0 atom stereocenters. The van der Waals surface area contributed by atoms with Gasteiger partial charge in [0.05, 0.1) is 10.4 Å². The number of thioether (sulfide) groups is 1. The summed E-state index contributed by atoms with van der Waals surface area (Å²) in [5.41, 5.74) is 1.43. The standard InChI is InChI=1S/C14H19ClN2O2S2/c1-20-10-4-9-17-11-5-3-6-12(21(2,18)19)14(11)16-13(17)7-8-15/h3,5-6H,4,7-10H2,1-2H3. The minimum Gasteiger partial charge on any atom is -0.328 e. The molecule has 0 N–H and O–H groups in total. The third-order valence-electron chi connectivity index (χ3n) is 3.27. The molecule has 0 unspecified atom stereocenters. The molecule has 1 aromatic heterocycles. The SMILES string of the molecule is CSCCCn1c(CCCl)nc2c(S(C)(=O)=O)cccc21. The fourth-order valence-corrected chi connectivity index (χ4v) is 3.77. The molecule has 21 heavy (non-hydrogen) atoms. The van der Waals surface area contributed by atoms with Crippen molar-refractivity contribution in [2.45, 2.75) is 24.3 Å². The zero-order valence-corrected chi connectivity index (χ0v) is 14.6. The number of rotatable bonds is 7. The van der Waals surface area contributed by atoms with E-state index in [-0.39, 0.29) is 0 Å². The Balaban J connectivity index is 2.56. The van der Waals surface area contributed by atoms with E-state index in [2.05, 4.69) is 15.8 Å². The van der Waals surface area contributed by atoms with Crippen LogP contribution in [0.15, 0.2) is 23.1 Å². The van der Waals surface area contributed by atoms with E-state index in [1.54, 1.807) is 23.9 Å². The van der Waals surface area contributed by atoms with Crippen molar-refractivity contribution in [1.82, 2.24) is 9.55 Å². The summed E-state index contributed by atoms with van der Waals surface area (Å²) in [5, 5.41) is 0. The summed E-state index contributed by atoms with van der Waals surface area (Å²) in [6.45, 7) is 0.830. The summed E-state index contributed by atoms with van der Waals surface area (Å²) in [7, 11) is -3.29. The maximum Gasteiger partial charge on any atom is 0.177 e. The molecule has 1 heterocycles. The normalized spacial score (nSPS) is 12.1. The maximum atomic E-state index is 11.9. The van der Waals surface area contributed by atoms with Crippen molar-refractivity contribution >= 4 is 44.2 Å². The molecule has 0 aliphatic rings. The van der Waals surface area contributed by atoms with Crippen molar-refractivity contribution in [3.8, 4) is 0 Å². The van der Waals surface area contributed by atoms with E-state index in [0.717, 1.165) is 30.1 Å². The van der Waals surface area contributed by atoms with Gasteiger partial charge in [-0.3, -0.25) is 0 Å². The minimum absolute atomic E-state index is 0.291. The third-order valence-corrected chi connectivity index (χ3v) is 5.28. The highest BCUT2D eigenvalue weighted by Gasteiger charge is 2.18. The number of imidazole rings is 1. The molecule has 0 bridgehead atoms. The van der Waals surface area contributed by atoms with Gasteiger partial charge >= 0.3 is 0 Å². The number of benzene rings is 1. The smallest absolute Gasteiger partial charge is 0.177 e. The number of aromatic nitrogens is 2. The van der Waals surface area contributed by atoms with E-state index in [0.29, 0.717) is 22.7 Å². The average molecular weight is 347 g/mol. The zero-order valence-electron chi connectivity index (χ0n) is 12.2. The highest BCUT2D eigenvalue weighted by atomic mass is 35.5. The highest BCUT2D eigenvalue weighted by Crippen LogP contribution is 2.24. The fourth-order valence-electron chi connectivity index (χ4n) is 2.36. The van der Waals surface area contributed by atoms with Crippen LogP contribution < -0.4 is 0 Å². The Morgan fingerprint density at radius 3 is 2.76 bits per heavy atom. The van der Waals surface area contributed by atoms with Crippen LogP contribution in [0.1, 0.15) is 12.2 Å². The van der Waals surface area contributed by atoms with E-state index >= 15 is 0 Å². The van der Waals surface area contributed by atoms with Crippen LogP contribution >= 0.6 is 23.4 Å². The lowest BCUT2D eigenvalue weighted by molar-refractivity contribution is 0.602. The van der Waals surface area contributed by atoms with Gasteiger partial charge in [-0.1, -0.05) is 6.07 Å². The van der Waals surface area contributed by atoms with Crippen molar-refractivity contribution in [2.24, 2.45) is 0 Å². The second-order valence-corrected chi connectivity index (χ2v) is 8.21. The monoisotopic (exact) mass is 346 g/mol. The predicted molar refractivity (Wildman–Crippen MR) is 90.3 cm³/mol. The Bertz CT molecular complexity index is 726. The number of hydrogen-bond acceptors (Lipinski definition) is 4. The molecule has 0 aliphatic heterocycles. The van der Waals surface area contributed by atoms with Crippen molar-refractivity contribution in [2.75, 3.05) is 24.1 Å². The van der Waals surface area contributed by atoms with E-state index < -0.39 is 9.84 Å². The Kier molecular flexibility index (Phi) is 5.57. The molecular weight excluding hydrogens is 328 g/mol. The molecule has 0 aliphatic carbocycles. The van der Waals surface area contributed by atoms with Gasteiger partial charge in [-0.25, -0.2) is 13.4 Å². The topological polar surface area (TPSA) is 52.0 Å². The summed E-state index contributed by atoms with van der Waals surface area (Å²) in [6, 6.07) is 5.31.